The van der Waals surface area contributed by atoms with Crippen molar-refractivity contribution in [2.45, 2.75) is 43.6 Å². The molecule has 1 unspecified atom stereocenters. The van der Waals surface area contributed by atoms with Gasteiger partial charge in [-0.3, -0.25) is 4.79 Å². The summed E-state index contributed by atoms with van der Waals surface area (Å²) in [6.07, 6.45) is 5.87. The number of nitrogens with one attached hydrogen (secondary N) is 1. The normalized spacial score (nSPS) is 17.9. The molecule has 1 aromatic carbocycles. The van der Waals surface area contributed by atoms with Crippen molar-refractivity contribution in [3.05, 3.63) is 34.3 Å². The van der Waals surface area contributed by atoms with Gasteiger partial charge in [0.2, 0.25) is 5.91 Å². The lowest BCUT2D eigenvalue weighted by Crippen LogP contribution is -2.49. The summed E-state index contributed by atoms with van der Waals surface area (Å²) in [5.41, 5.74) is 7.12. The minimum atomic E-state index is -0.604. The topological polar surface area (TPSA) is 64.3 Å². The van der Waals surface area contributed by atoms with E-state index in [1.54, 1.807) is 7.11 Å². The van der Waals surface area contributed by atoms with Crippen LogP contribution in [0, 0.1) is 0 Å². The Labute approximate surface area is 153 Å². The maximum absolute atomic E-state index is 12.1. The molecule has 1 fully saturated rings. The Morgan fingerprint density at radius 3 is 2.70 bits per heavy atom. The van der Waals surface area contributed by atoms with E-state index in [0.717, 1.165) is 17.3 Å². The number of ether oxygens (including phenoxy) is 1. The quantitative estimate of drug-likeness (QED) is 0.764. The van der Waals surface area contributed by atoms with Crippen molar-refractivity contribution in [1.29, 1.82) is 0 Å². The molecule has 130 valence electrons. The number of amides is 1. The first-order valence-corrected chi connectivity index (χ1v) is 8.65. The fourth-order valence-corrected chi connectivity index (χ4v) is 3.66. The fraction of sp³-hybridized carbons (Fsp3) is 0.588. The summed E-state index contributed by atoms with van der Waals surface area (Å²) in [6, 6.07) is 7.83. The van der Waals surface area contributed by atoms with E-state index in [1.807, 2.05) is 6.07 Å². The lowest BCUT2D eigenvalue weighted by atomic mass is 9.69. The van der Waals surface area contributed by atoms with E-state index in [4.69, 9.17) is 10.5 Å². The van der Waals surface area contributed by atoms with Crippen molar-refractivity contribution in [3.63, 3.8) is 0 Å². The minimum Gasteiger partial charge on any atom is -0.383 e. The summed E-state index contributed by atoms with van der Waals surface area (Å²) in [7, 11) is 1.55. The van der Waals surface area contributed by atoms with Crippen LogP contribution in [0.5, 0.6) is 0 Å². The third-order valence-corrected chi connectivity index (χ3v) is 5.02. The minimum absolute atomic E-state index is 0. The van der Waals surface area contributed by atoms with Crippen LogP contribution in [0.25, 0.3) is 0 Å². The van der Waals surface area contributed by atoms with Gasteiger partial charge in [0.05, 0.1) is 6.61 Å². The lowest BCUT2D eigenvalue weighted by Gasteiger charge is -2.38. The highest BCUT2D eigenvalue weighted by Gasteiger charge is 2.34. The average molecular weight is 406 g/mol. The maximum Gasteiger partial charge on any atom is 0.239 e. The highest BCUT2D eigenvalue weighted by molar-refractivity contribution is 9.10. The van der Waals surface area contributed by atoms with E-state index in [9.17, 15) is 4.79 Å². The van der Waals surface area contributed by atoms with Gasteiger partial charge < -0.3 is 15.8 Å². The predicted molar refractivity (Wildman–Crippen MR) is 99.0 cm³/mol. The van der Waals surface area contributed by atoms with Gasteiger partial charge in [-0.05, 0) is 30.5 Å². The van der Waals surface area contributed by atoms with Gasteiger partial charge in [0.25, 0.3) is 0 Å². The van der Waals surface area contributed by atoms with Gasteiger partial charge in [0, 0.05) is 23.5 Å². The Bertz CT molecular complexity index is 507. The zero-order chi connectivity index (χ0) is 16.0. The Kier molecular flexibility index (Phi) is 8.54. The van der Waals surface area contributed by atoms with E-state index < -0.39 is 6.04 Å². The number of hydrogen-bond donors (Lipinski definition) is 2. The number of halogens is 2. The van der Waals surface area contributed by atoms with Crippen molar-refractivity contribution < 1.29 is 9.53 Å². The molecule has 1 aliphatic carbocycles. The second-order valence-electron chi connectivity index (χ2n) is 6.13. The summed E-state index contributed by atoms with van der Waals surface area (Å²) in [5, 5.41) is 3.04. The highest BCUT2D eigenvalue weighted by atomic mass is 79.9. The van der Waals surface area contributed by atoms with E-state index in [1.165, 1.54) is 24.8 Å². The number of methoxy groups -OCH3 is 1. The van der Waals surface area contributed by atoms with Gasteiger partial charge in [-0.2, -0.15) is 0 Å². The smallest absolute Gasteiger partial charge is 0.239 e. The van der Waals surface area contributed by atoms with Crippen LogP contribution in [0.1, 0.15) is 37.7 Å². The number of hydrogen-bond acceptors (Lipinski definition) is 3. The van der Waals surface area contributed by atoms with Gasteiger partial charge in [-0.15, -0.1) is 12.4 Å². The molecule has 1 atom stereocenters. The number of carbonyl (C=O) groups is 1. The van der Waals surface area contributed by atoms with Crippen LogP contribution in [0.15, 0.2) is 28.7 Å². The molecular formula is C17H26BrClN2O2. The van der Waals surface area contributed by atoms with Crippen molar-refractivity contribution in [3.8, 4) is 0 Å². The summed E-state index contributed by atoms with van der Waals surface area (Å²) in [4.78, 5) is 12.1. The zero-order valence-corrected chi connectivity index (χ0v) is 15.9. The Balaban J connectivity index is 0.00000264. The first-order valence-electron chi connectivity index (χ1n) is 7.86. The van der Waals surface area contributed by atoms with Crippen LogP contribution >= 0.6 is 28.3 Å². The van der Waals surface area contributed by atoms with Crippen molar-refractivity contribution in [1.82, 2.24) is 5.32 Å². The highest BCUT2D eigenvalue weighted by Crippen LogP contribution is 2.39. The molecule has 1 aromatic rings. The van der Waals surface area contributed by atoms with Gasteiger partial charge in [-0.25, -0.2) is 0 Å². The summed E-state index contributed by atoms with van der Waals surface area (Å²) >= 11 is 3.55. The molecule has 4 nitrogen and oxygen atoms in total. The first kappa shape index (κ1) is 20.4. The molecule has 1 amide bonds. The van der Waals surface area contributed by atoms with Crippen LogP contribution in [-0.2, 0) is 14.9 Å². The Morgan fingerprint density at radius 2 is 2.09 bits per heavy atom. The molecule has 0 aromatic heterocycles. The van der Waals surface area contributed by atoms with Crippen molar-refractivity contribution in [2.24, 2.45) is 5.73 Å². The third-order valence-electron chi connectivity index (χ3n) is 4.53. The molecule has 2 rings (SSSR count). The van der Waals surface area contributed by atoms with Crippen LogP contribution < -0.4 is 11.1 Å². The molecule has 1 aliphatic rings. The Hall–Kier alpha value is -0.620. The first-order chi connectivity index (χ1) is 10.6. The number of benzene rings is 1. The summed E-state index contributed by atoms with van der Waals surface area (Å²) < 4.78 is 6.03. The van der Waals surface area contributed by atoms with Gasteiger partial charge in [0.15, 0.2) is 0 Å². The molecule has 0 aliphatic heterocycles. The molecule has 1 saturated carbocycles. The largest absolute Gasteiger partial charge is 0.383 e. The van der Waals surface area contributed by atoms with Crippen LogP contribution in [0.4, 0.5) is 0 Å². The van der Waals surface area contributed by atoms with Crippen molar-refractivity contribution >= 4 is 34.2 Å². The molecule has 6 heteroatoms. The second kappa shape index (κ2) is 9.62. The lowest BCUT2D eigenvalue weighted by molar-refractivity contribution is -0.123. The Morgan fingerprint density at radius 1 is 1.39 bits per heavy atom. The van der Waals surface area contributed by atoms with Gasteiger partial charge in [-0.1, -0.05) is 47.3 Å². The number of rotatable bonds is 6. The van der Waals surface area contributed by atoms with Gasteiger partial charge >= 0.3 is 0 Å². The van der Waals surface area contributed by atoms with E-state index in [-0.39, 0.29) is 30.3 Å². The summed E-state index contributed by atoms with van der Waals surface area (Å²) in [6.45, 7) is 0.884. The van der Waals surface area contributed by atoms with Crippen LogP contribution in [-0.4, -0.2) is 32.2 Å². The molecule has 0 saturated heterocycles. The number of nitrogens with two attached hydrogens (primary N) is 1. The van der Waals surface area contributed by atoms with Gasteiger partial charge in [0.1, 0.15) is 6.04 Å². The SMILES string of the molecule is COCC(N)C(=O)NCC1(c2cccc(Br)c2)CCCCC1.Cl. The third kappa shape index (κ3) is 5.45. The second-order valence-corrected chi connectivity index (χ2v) is 7.05. The molecule has 0 radical (unpaired) electrons. The summed E-state index contributed by atoms with van der Waals surface area (Å²) in [5.74, 6) is -0.137. The zero-order valence-electron chi connectivity index (χ0n) is 13.5. The maximum atomic E-state index is 12.1. The molecule has 0 bridgehead atoms. The molecular weight excluding hydrogens is 380 g/mol. The molecule has 0 heterocycles. The van der Waals surface area contributed by atoms with Crippen LogP contribution in [0.2, 0.25) is 0 Å². The molecule has 23 heavy (non-hydrogen) atoms. The molecule has 0 spiro atoms. The number of carbonyl (C=O) groups excluding carboxylic acids is 1. The van der Waals surface area contributed by atoms with E-state index in [0.29, 0.717) is 6.54 Å². The van der Waals surface area contributed by atoms with Crippen LogP contribution in [0.3, 0.4) is 0 Å². The predicted octanol–water partition coefficient (Wildman–Crippen LogP) is 3.16. The van der Waals surface area contributed by atoms with Crippen molar-refractivity contribution in [2.75, 3.05) is 20.3 Å². The molecule has 3 N–H and O–H groups in total. The monoisotopic (exact) mass is 404 g/mol. The van der Waals surface area contributed by atoms with E-state index >= 15 is 0 Å². The standard InChI is InChI=1S/C17H25BrN2O2.ClH/c1-22-11-15(19)16(21)20-12-17(8-3-2-4-9-17)13-6-5-7-14(18)10-13;/h5-7,10,15H,2-4,8-9,11-12,19H2,1H3,(H,20,21);1H. The fourth-order valence-electron chi connectivity index (χ4n) is 3.26. The van der Waals surface area contributed by atoms with E-state index in [2.05, 4.69) is 39.4 Å². The average Bonchev–Trinajstić information content (AvgIpc) is 2.53.